The van der Waals surface area contributed by atoms with Crippen molar-refractivity contribution in [3.05, 3.63) is 42.5 Å². The van der Waals surface area contributed by atoms with Crippen LogP contribution >= 0.6 is 0 Å². The summed E-state index contributed by atoms with van der Waals surface area (Å²) in [6, 6.07) is 7.66. The molecule has 0 bridgehead atoms. The van der Waals surface area contributed by atoms with Gasteiger partial charge in [0.1, 0.15) is 11.8 Å². The predicted molar refractivity (Wildman–Crippen MR) is 79.0 cm³/mol. The van der Waals surface area contributed by atoms with Gasteiger partial charge in [-0.2, -0.15) is 0 Å². The molecular weight excluding hydrogens is 268 g/mol. The number of H-pyrrole nitrogens is 2. The lowest BCUT2D eigenvalue weighted by molar-refractivity contribution is 0.458. The van der Waals surface area contributed by atoms with Gasteiger partial charge in [0.15, 0.2) is 17.3 Å². The van der Waals surface area contributed by atoms with Crippen LogP contribution in [0.25, 0.3) is 22.1 Å². The van der Waals surface area contributed by atoms with Gasteiger partial charge in [0.2, 0.25) is 0 Å². The number of nitrogens with one attached hydrogen (secondary N) is 3. The summed E-state index contributed by atoms with van der Waals surface area (Å²) in [6.45, 7) is 0.618. The highest BCUT2D eigenvalue weighted by Gasteiger charge is 2.06. The fraction of sp³-hybridized carbons (Fsp3) is 0.0714. The van der Waals surface area contributed by atoms with Gasteiger partial charge in [-0.15, -0.1) is 0 Å². The van der Waals surface area contributed by atoms with E-state index in [2.05, 4.69) is 30.2 Å². The van der Waals surface area contributed by atoms with Crippen molar-refractivity contribution in [2.75, 3.05) is 5.32 Å². The van der Waals surface area contributed by atoms with Gasteiger partial charge in [0.05, 0.1) is 6.33 Å². The first-order chi connectivity index (χ1) is 10.3. The first-order valence-electron chi connectivity index (χ1n) is 6.48. The Morgan fingerprint density at radius 1 is 1.14 bits per heavy atom. The van der Waals surface area contributed by atoms with E-state index < -0.39 is 0 Å². The highest BCUT2D eigenvalue weighted by atomic mass is 16.3. The molecule has 4 rings (SSSR count). The molecule has 21 heavy (non-hydrogen) atoms. The summed E-state index contributed by atoms with van der Waals surface area (Å²) in [5.74, 6) is 0.889. The molecule has 0 unspecified atom stereocenters. The number of anilines is 1. The van der Waals surface area contributed by atoms with Crippen LogP contribution in [0, 0.1) is 0 Å². The first-order valence-corrected chi connectivity index (χ1v) is 6.48. The van der Waals surface area contributed by atoms with Crippen molar-refractivity contribution in [3.63, 3.8) is 0 Å². The normalized spacial score (nSPS) is 11.2. The molecule has 7 heteroatoms. The largest absolute Gasteiger partial charge is 0.495 e. The second-order valence-corrected chi connectivity index (χ2v) is 4.75. The first kappa shape index (κ1) is 11.7. The van der Waals surface area contributed by atoms with Crippen LogP contribution in [0.15, 0.2) is 36.9 Å². The minimum absolute atomic E-state index is 0.171. The Labute approximate surface area is 119 Å². The van der Waals surface area contributed by atoms with Crippen molar-refractivity contribution in [1.82, 2.24) is 24.9 Å². The van der Waals surface area contributed by atoms with Gasteiger partial charge in [0.25, 0.3) is 0 Å². The van der Waals surface area contributed by atoms with Crippen molar-refractivity contribution in [1.29, 1.82) is 0 Å². The lowest BCUT2D eigenvalue weighted by Gasteiger charge is -2.06. The lowest BCUT2D eigenvalue weighted by atomic mass is 10.1. The molecule has 0 aliphatic heterocycles. The Bertz CT molecular complexity index is 925. The maximum atomic E-state index is 9.45. The van der Waals surface area contributed by atoms with Crippen molar-refractivity contribution in [2.24, 2.45) is 0 Å². The van der Waals surface area contributed by atoms with Gasteiger partial charge in [-0.1, -0.05) is 6.07 Å². The monoisotopic (exact) mass is 280 g/mol. The molecule has 3 aromatic heterocycles. The molecule has 0 aliphatic carbocycles. The molecule has 0 atom stereocenters. The molecule has 1 aromatic carbocycles. The number of hydrogen-bond donors (Lipinski definition) is 4. The predicted octanol–water partition coefficient (Wildman–Crippen LogP) is 2.15. The number of aromatic amines is 2. The van der Waals surface area contributed by atoms with E-state index in [4.69, 9.17) is 0 Å². The van der Waals surface area contributed by atoms with Crippen LogP contribution in [0.5, 0.6) is 5.88 Å². The van der Waals surface area contributed by atoms with Gasteiger partial charge >= 0.3 is 0 Å². The quantitative estimate of drug-likeness (QED) is 0.460. The number of aromatic nitrogens is 5. The van der Waals surface area contributed by atoms with Gasteiger partial charge < -0.3 is 20.4 Å². The molecule has 104 valence electrons. The Kier molecular flexibility index (Phi) is 2.50. The summed E-state index contributed by atoms with van der Waals surface area (Å²) < 4.78 is 0. The number of imidazole rings is 1. The molecule has 4 aromatic rings. The molecule has 0 saturated carbocycles. The van der Waals surface area contributed by atoms with Gasteiger partial charge in [-0.25, -0.2) is 15.0 Å². The van der Waals surface area contributed by atoms with Crippen molar-refractivity contribution in [2.45, 2.75) is 6.54 Å². The van der Waals surface area contributed by atoms with Gasteiger partial charge in [-0.05, 0) is 17.7 Å². The highest BCUT2D eigenvalue weighted by Crippen LogP contribution is 2.21. The molecule has 0 saturated heterocycles. The number of hydrogen-bond acceptors (Lipinski definition) is 5. The van der Waals surface area contributed by atoms with Crippen molar-refractivity contribution in [3.8, 4) is 5.88 Å². The van der Waals surface area contributed by atoms with E-state index in [1.165, 1.54) is 6.33 Å². The number of fused-ring (bicyclic) bond motifs is 2. The maximum Gasteiger partial charge on any atom is 0.189 e. The van der Waals surface area contributed by atoms with E-state index in [0.29, 0.717) is 12.2 Å². The number of rotatable bonds is 3. The standard InChI is InChI=1S/C14H12N6O/c21-11-4-9-3-8(1-2-10(9)20-11)5-15-13-12-14(17-6-16-12)19-7-18-13/h1-4,6-7,20-21H,5H2,(H2,15,16,17,18,19). The average molecular weight is 280 g/mol. The summed E-state index contributed by atoms with van der Waals surface area (Å²) in [5, 5.41) is 13.7. The minimum Gasteiger partial charge on any atom is -0.495 e. The fourth-order valence-corrected chi connectivity index (χ4v) is 2.36. The maximum absolute atomic E-state index is 9.45. The lowest BCUT2D eigenvalue weighted by Crippen LogP contribution is -2.02. The molecule has 3 heterocycles. The second-order valence-electron chi connectivity index (χ2n) is 4.75. The van der Waals surface area contributed by atoms with E-state index in [1.807, 2.05) is 18.2 Å². The van der Waals surface area contributed by atoms with E-state index in [1.54, 1.807) is 12.4 Å². The van der Waals surface area contributed by atoms with Crippen LogP contribution in [0.4, 0.5) is 5.82 Å². The van der Waals surface area contributed by atoms with Crippen LogP contribution in [0.1, 0.15) is 5.56 Å². The van der Waals surface area contributed by atoms with Crippen LogP contribution in [-0.2, 0) is 6.54 Å². The third kappa shape index (κ3) is 2.04. The van der Waals surface area contributed by atoms with E-state index in [9.17, 15) is 5.11 Å². The average Bonchev–Trinajstić information content (AvgIpc) is 3.09. The Morgan fingerprint density at radius 2 is 2.10 bits per heavy atom. The van der Waals surface area contributed by atoms with Crippen LogP contribution in [0.3, 0.4) is 0 Å². The molecule has 0 aliphatic rings. The van der Waals surface area contributed by atoms with Crippen molar-refractivity contribution >= 4 is 27.9 Å². The Hall–Kier alpha value is -3.09. The molecule has 0 spiro atoms. The molecular formula is C14H12N6O. The zero-order chi connectivity index (χ0) is 14.2. The minimum atomic E-state index is 0.171. The van der Waals surface area contributed by atoms with Crippen LogP contribution < -0.4 is 5.32 Å². The summed E-state index contributed by atoms with van der Waals surface area (Å²) in [6.07, 6.45) is 3.08. The smallest absolute Gasteiger partial charge is 0.189 e. The summed E-state index contributed by atoms with van der Waals surface area (Å²) in [5.41, 5.74) is 3.43. The Morgan fingerprint density at radius 3 is 3.05 bits per heavy atom. The Balaban J connectivity index is 1.61. The number of benzene rings is 1. The number of nitrogens with zero attached hydrogens (tertiary/aromatic N) is 3. The van der Waals surface area contributed by atoms with Crippen molar-refractivity contribution < 1.29 is 5.11 Å². The SMILES string of the molecule is Oc1cc2cc(CNc3ncnc4nc[nH]c34)ccc2[nH]1. The van der Waals surface area contributed by atoms with E-state index in [0.717, 1.165) is 27.8 Å². The third-order valence-electron chi connectivity index (χ3n) is 3.35. The fourth-order valence-electron chi connectivity index (χ4n) is 2.36. The molecule has 0 fully saturated rings. The third-order valence-corrected chi connectivity index (χ3v) is 3.35. The topological polar surface area (TPSA) is 103 Å². The molecule has 0 radical (unpaired) electrons. The molecule has 0 amide bonds. The van der Waals surface area contributed by atoms with Gasteiger partial charge in [-0.3, -0.25) is 0 Å². The second kappa shape index (κ2) is 4.48. The van der Waals surface area contributed by atoms with Gasteiger partial charge in [0, 0.05) is 23.5 Å². The van der Waals surface area contributed by atoms with Crippen LogP contribution in [0.2, 0.25) is 0 Å². The highest BCUT2D eigenvalue weighted by molar-refractivity contribution is 5.83. The zero-order valence-electron chi connectivity index (χ0n) is 11.0. The summed E-state index contributed by atoms with van der Waals surface area (Å²) in [7, 11) is 0. The zero-order valence-corrected chi connectivity index (χ0v) is 11.0. The number of aromatic hydroxyl groups is 1. The van der Waals surface area contributed by atoms with Crippen LogP contribution in [-0.4, -0.2) is 30.0 Å². The summed E-state index contributed by atoms with van der Waals surface area (Å²) in [4.78, 5) is 18.3. The van der Waals surface area contributed by atoms with E-state index >= 15 is 0 Å². The van der Waals surface area contributed by atoms with E-state index in [-0.39, 0.29) is 5.88 Å². The molecule has 4 N–H and O–H groups in total. The summed E-state index contributed by atoms with van der Waals surface area (Å²) >= 11 is 0. The molecule has 7 nitrogen and oxygen atoms in total.